The second kappa shape index (κ2) is 6.92. The van der Waals surface area contributed by atoms with E-state index in [4.69, 9.17) is 0 Å². The lowest BCUT2D eigenvalue weighted by atomic mass is 10.1. The first-order valence-corrected chi connectivity index (χ1v) is 6.30. The molecule has 0 aliphatic carbocycles. The molecule has 0 saturated carbocycles. The number of piperidine rings is 1. The number of nitrogens with zero attached hydrogens (tertiary/aromatic N) is 1. The topological polar surface area (TPSA) is 3.24 Å². The molecule has 0 atom stereocenters. The van der Waals surface area contributed by atoms with Crippen LogP contribution in [0.1, 0.15) is 58.8 Å². The molecule has 0 aromatic rings. The zero-order chi connectivity index (χ0) is 10.2. The van der Waals surface area contributed by atoms with E-state index >= 15 is 0 Å². The van der Waals surface area contributed by atoms with Crippen LogP contribution in [-0.2, 0) is 0 Å². The molecule has 1 heteroatoms. The summed E-state index contributed by atoms with van der Waals surface area (Å²) in [5, 5.41) is 0. The fourth-order valence-electron chi connectivity index (χ4n) is 2.04. The van der Waals surface area contributed by atoms with Gasteiger partial charge in [-0.2, -0.15) is 0 Å². The zero-order valence-corrected chi connectivity index (χ0v) is 9.89. The van der Waals surface area contributed by atoms with Gasteiger partial charge in [-0.15, -0.1) is 0 Å². The number of hydrogen-bond donors (Lipinski definition) is 0. The molecule has 0 amide bonds. The van der Waals surface area contributed by atoms with E-state index in [1.165, 1.54) is 58.0 Å². The monoisotopic (exact) mass is 195 g/mol. The highest BCUT2D eigenvalue weighted by Crippen LogP contribution is 2.15. The van der Waals surface area contributed by atoms with Crippen molar-refractivity contribution in [2.24, 2.45) is 0 Å². The van der Waals surface area contributed by atoms with Gasteiger partial charge in [-0.3, -0.25) is 0 Å². The minimum absolute atomic E-state index is 1.23. The lowest BCUT2D eigenvalue weighted by molar-refractivity contribution is 0.306. The lowest BCUT2D eigenvalue weighted by Crippen LogP contribution is -2.24. The van der Waals surface area contributed by atoms with Gasteiger partial charge in [0.05, 0.1) is 0 Å². The van der Waals surface area contributed by atoms with E-state index < -0.39 is 0 Å². The molecule has 1 aliphatic heterocycles. The summed E-state index contributed by atoms with van der Waals surface area (Å²) in [4.78, 5) is 2.53. The van der Waals surface area contributed by atoms with Crippen LogP contribution >= 0.6 is 0 Å². The minimum Gasteiger partial charge on any atom is -0.377 e. The van der Waals surface area contributed by atoms with E-state index in [1.54, 1.807) is 5.57 Å². The molecule has 1 nitrogen and oxygen atoms in total. The zero-order valence-electron chi connectivity index (χ0n) is 9.89. The van der Waals surface area contributed by atoms with Crippen molar-refractivity contribution in [3.63, 3.8) is 0 Å². The average molecular weight is 195 g/mol. The predicted octanol–water partition coefficient (Wildman–Crippen LogP) is 3.96. The van der Waals surface area contributed by atoms with Gasteiger partial charge in [0, 0.05) is 13.1 Å². The molecular formula is C13H25N. The Morgan fingerprint density at radius 3 is 2.43 bits per heavy atom. The lowest BCUT2D eigenvalue weighted by Gasteiger charge is -2.26. The summed E-state index contributed by atoms with van der Waals surface area (Å²) in [7, 11) is 0. The Kier molecular flexibility index (Phi) is 5.74. The van der Waals surface area contributed by atoms with Gasteiger partial charge in [0.2, 0.25) is 0 Å². The Balaban J connectivity index is 2.35. The summed E-state index contributed by atoms with van der Waals surface area (Å²) < 4.78 is 0. The molecule has 1 fully saturated rings. The second-order valence-electron chi connectivity index (χ2n) is 4.34. The summed E-state index contributed by atoms with van der Waals surface area (Å²) in [6.07, 6.45) is 11.9. The third kappa shape index (κ3) is 4.17. The normalized spacial score (nSPS) is 18.7. The van der Waals surface area contributed by atoms with E-state index in [0.29, 0.717) is 0 Å². The van der Waals surface area contributed by atoms with Gasteiger partial charge < -0.3 is 4.90 Å². The van der Waals surface area contributed by atoms with E-state index in [2.05, 4.69) is 24.9 Å². The summed E-state index contributed by atoms with van der Waals surface area (Å²) in [6.45, 7) is 7.13. The standard InChI is InChI=1S/C13H25N/c1-3-5-9-13(4-2)12-14-10-7-6-8-11-14/h12H,3-11H2,1-2H3/b13-12+. The highest BCUT2D eigenvalue weighted by atomic mass is 15.1. The van der Waals surface area contributed by atoms with Crippen LogP contribution in [-0.4, -0.2) is 18.0 Å². The maximum atomic E-state index is 2.53. The van der Waals surface area contributed by atoms with Crippen molar-refractivity contribution in [2.75, 3.05) is 13.1 Å². The fourth-order valence-corrected chi connectivity index (χ4v) is 2.04. The Morgan fingerprint density at radius 1 is 1.14 bits per heavy atom. The van der Waals surface area contributed by atoms with Crippen molar-refractivity contribution in [1.82, 2.24) is 4.90 Å². The number of unbranched alkanes of at least 4 members (excludes halogenated alkanes) is 1. The molecule has 0 aromatic heterocycles. The number of likely N-dealkylation sites (tertiary alicyclic amines) is 1. The van der Waals surface area contributed by atoms with Gasteiger partial charge in [0.15, 0.2) is 0 Å². The van der Waals surface area contributed by atoms with Crippen LogP contribution in [0.25, 0.3) is 0 Å². The molecule has 1 aliphatic rings. The van der Waals surface area contributed by atoms with Gasteiger partial charge in [-0.25, -0.2) is 0 Å². The Hall–Kier alpha value is -0.460. The quantitative estimate of drug-likeness (QED) is 0.642. The Bertz CT molecular complexity index is 166. The van der Waals surface area contributed by atoms with E-state index in [-0.39, 0.29) is 0 Å². The van der Waals surface area contributed by atoms with Crippen molar-refractivity contribution in [2.45, 2.75) is 58.8 Å². The minimum atomic E-state index is 1.23. The molecular weight excluding hydrogens is 170 g/mol. The molecule has 0 radical (unpaired) electrons. The molecule has 1 heterocycles. The van der Waals surface area contributed by atoms with Gasteiger partial charge in [0.1, 0.15) is 0 Å². The van der Waals surface area contributed by atoms with Crippen LogP contribution in [0.4, 0.5) is 0 Å². The highest BCUT2D eigenvalue weighted by molar-refractivity contribution is 5.01. The van der Waals surface area contributed by atoms with Gasteiger partial charge in [0.25, 0.3) is 0 Å². The van der Waals surface area contributed by atoms with Crippen LogP contribution in [0.2, 0.25) is 0 Å². The maximum absolute atomic E-state index is 2.53. The van der Waals surface area contributed by atoms with Crippen molar-refractivity contribution in [1.29, 1.82) is 0 Å². The third-order valence-corrected chi connectivity index (χ3v) is 3.06. The summed E-state index contributed by atoms with van der Waals surface area (Å²) >= 11 is 0. The summed E-state index contributed by atoms with van der Waals surface area (Å²) in [5.74, 6) is 0. The summed E-state index contributed by atoms with van der Waals surface area (Å²) in [5.41, 5.74) is 1.65. The average Bonchev–Trinajstić information content (AvgIpc) is 2.25. The molecule has 1 rings (SSSR count). The SMILES string of the molecule is CCCC/C(=C/N1CCCCC1)CC. The van der Waals surface area contributed by atoms with Gasteiger partial charge in [-0.1, -0.05) is 25.8 Å². The molecule has 14 heavy (non-hydrogen) atoms. The largest absolute Gasteiger partial charge is 0.377 e. The smallest absolute Gasteiger partial charge is 0.0172 e. The maximum Gasteiger partial charge on any atom is 0.0172 e. The van der Waals surface area contributed by atoms with Crippen molar-refractivity contribution in [3.05, 3.63) is 11.8 Å². The van der Waals surface area contributed by atoms with Gasteiger partial charge >= 0.3 is 0 Å². The van der Waals surface area contributed by atoms with Crippen molar-refractivity contribution >= 4 is 0 Å². The molecule has 0 unspecified atom stereocenters. The van der Waals surface area contributed by atoms with Crippen LogP contribution < -0.4 is 0 Å². The van der Waals surface area contributed by atoms with Gasteiger partial charge in [-0.05, 0) is 44.7 Å². The first-order chi connectivity index (χ1) is 6.86. The third-order valence-electron chi connectivity index (χ3n) is 3.06. The van der Waals surface area contributed by atoms with E-state index in [1.807, 2.05) is 0 Å². The summed E-state index contributed by atoms with van der Waals surface area (Å²) in [6, 6.07) is 0. The van der Waals surface area contributed by atoms with Crippen molar-refractivity contribution in [3.8, 4) is 0 Å². The first kappa shape index (κ1) is 11.6. The molecule has 82 valence electrons. The van der Waals surface area contributed by atoms with Crippen LogP contribution in [0.3, 0.4) is 0 Å². The molecule has 0 bridgehead atoms. The van der Waals surface area contributed by atoms with E-state index in [9.17, 15) is 0 Å². The Labute approximate surface area is 89.2 Å². The fraction of sp³-hybridized carbons (Fsp3) is 0.846. The molecule has 0 N–H and O–H groups in total. The first-order valence-electron chi connectivity index (χ1n) is 6.30. The van der Waals surface area contributed by atoms with Crippen LogP contribution in [0.15, 0.2) is 11.8 Å². The Morgan fingerprint density at radius 2 is 1.86 bits per heavy atom. The highest BCUT2D eigenvalue weighted by Gasteiger charge is 2.06. The second-order valence-corrected chi connectivity index (χ2v) is 4.34. The molecule has 0 spiro atoms. The number of rotatable bonds is 5. The van der Waals surface area contributed by atoms with Crippen LogP contribution in [0.5, 0.6) is 0 Å². The number of hydrogen-bond acceptors (Lipinski definition) is 1. The predicted molar refractivity (Wildman–Crippen MR) is 63.3 cm³/mol. The van der Waals surface area contributed by atoms with Crippen LogP contribution in [0, 0.1) is 0 Å². The van der Waals surface area contributed by atoms with E-state index in [0.717, 1.165) is 0 Å². The molecule has 1 saturated heterocycles. The number of allylic oxidation sites excluding steroid dienone is 1. The van der Waals surface area contributed by atoms with Crippen molar-refractivity contribution < 1.29 is 0 Å². The molecule has 0 aromatic carbocycles.